The van der Waals surface area contributed by atoms with Gasteiger partial charge in [-0.05, 0) is 25.0 Å². The molecule has 21 heavy (non-hydrogen) atoms. The summed E-state index contributed by atoms with van der Waals surface area (Å²) in [5, 5.41) is 10.2. The van der Waals surface area contributed by atoms with E-state index >= 15 is 0 Å². The second-order valence-electron chi connectivity index (χ2n) is 6.08. The van der Waals surface area contributed by atoms with E-state index in [2.05, 4.69) is 22.9 Å². The standard InChI is InChI=1S/C18H27BrO2/c1-2-3-4-5-6-7-8-9-15-13-17(20)16-11-10-14(19)12-18(16)21-15/h10-12,15,17,20H,2-9,13H2,1H3. The van der Waals surface area contributed by atoms with Crippen LogP contribution in [0.5, 0.6) is 5.75 Å². The number of benzene rings is 1. The molecular formula is C18H27BrO2. The van der Waals surface area contributed by atoms with Gasteiger partial charge in [-0.2, -0.15) is 0 Å². The molecular weight excluding hydrogens is 328 g/mol. The van der Waals surface area contributed by atoms with Crippen LogP contribution in [0.1, 0.15) is 76.4 Å². The molecule has 0 fully saturated rings. The van der Waals surface area contributed by atoms with Gasteiger partial charge in [0.2, 0.25) is 0 Å². The molecule has 0 aliphatic carbocycles. The fourth-order valence-electron chi connectivity index (χ4n) is 3.00. The summed E-state index contributed by atoms with van der Waals surface area (Å²) in [5.74, 6) is 0.844. The van der Waals surface area contributed by atoms with Crippen molar-refractivity contribution in [1.82, 2.24) is 0 Å². The van der Waals surface area contributed by atoms with Crippen molar-refractivity contribution in [2.45, 2.75) is 76.9 Å². The molecule has 1 heterocycles. The maximum absolute atomic E-state index is 10.2. The zero-order chi connectivity index (χ0) is 15.1. The Hall–Kier alpha value is -0.540. The minimum absolute atomic E-state index is 0.164. The van der Waals surface area contributed by atoms with Crippen molar-refractivity contribution in [3.05, 3.63) is 28.2 Å². The zero-order valence-corrected chi connectivity index (χ0v) is 14.6. The molecule has 1 aromatic carbocycles. The Bertz CT molecular complexity index is 433. The summed E-state index contributed by atoms with van der Waals surface area (Å²) in [6.07, 6.45) is 10.8. The molecule has 0 spiro atoms. The van der Waals surface area contributed by atoms with E-state index in [-0.39, 0.29) is 12.2 Å². The summed E-state index contributed by atoms with van der Waals surface area (Å²) in [6.45, 7) is 2.25. The van der Waals surface area contributed by atoms with E-state index in [1.807, 2.05) is 18.2 Å². The van der Waals surface area contributed by atoms with Gasteiger partial charge in [-0.25, -0.2) is 0 Å². The molecule has 0 bridgehead atoms. The van der Waals surface area contributed by atoms with Crippen LogP contribution in [0.3, 0.4) is 0 Å². The van der Waals surface area contributed by atoms with Crippen molar-refractivity contribution in [2.75, 3.05) is 0 Å². The average molecular weight is 355 g/mol. The van der Waals surface area contributed by atoms with E-state index in [0.717, 1.165) is 28.6 Å². The van der Waals surface area contributed by atoms with Crippen LogP contribution in [0.4, 0.5) is 0 Å². The summed E-state index contributed by atoms with van der Waals surface area (Å²) in [6, 6.07) is 5.88. The number of aliphatic hydroxyl groups excluding tert-OH is 1. The average Bonchev–Trinajstić information content (AvgIpc) is 2.46. The van der Waals surface area contributed by atoms with Gasteiger partial charge in [-0.3, -0.25) is 0 Å². The second kappa shape index (κ2) is 8.79. The Balaban J connectivity index is 1.71. The summed E-state index contributed by atoms with van der Waals surface area (Å²) in [7, 11) is 0. The Labute approximate surface area is 137 Å². The minimum atomic E-state index is -0.378. The van der Waals surface area contributed by atoms with Crippen molar-refractivity contribution < 1.29 is 9.84 Å². The van der Waals surface area contributed by atoms with Crippen LogP contribution in [0.2, 0.25) is 0 Å². The number of unbranched alkanes of at least 4 members (excludes halogenated alkanes) is 6. The minimum Gasteiger partial charge on any atom is -0.490 e. The number of ether oxygens (including phenoxy) is 1. The Morgan fingerprint density at radius 3 is 2.62 bits per heavy atom. The third-order valence-electron chi connectivity index (χ3n) is 4.24. The molecule has 1 N–H and O–H groups in total. The van der Waals surface area contributed by atoms with E-state index in [1.165, 1.54) is 44.9 Å². The third-order valence-corrected chi connectivity index (χ3v) is 4.74. The Morgan fingerprint density at radius 1 is 1.14 bits per heavy atom. The van der Waals surface area contributed by atoms with Gasteiger partial charge in [0.15, 0.2) is 0 Å². The maximum Gasteiger partial charge on any atom is 0.126 e. The number of halogens is 1. The molecule has 1 aromatic rings. The van der Waals surface area contributed by atoms with E-state index in [9.17, 15) is 5.11 Å². The first kappa shape index (κ1) is 16.8. The van der Waals surface area contributed by atoms with Crippen LogP contribution in [-0.4, -0.2) is 11.2 Å². The number of rotatable bonds is 8. The van der Waals surface area contributed by atoms with Gasteiger partial charge in [-0.1, -0.05) is 67.4 Å². The van der Waals surface area contributed by atoms with Gasteiger partial charge in [0, 0.05) is 16.5 Å². The van der Waals surface area contributed by atoms with Gasteiger partial charge >= 0.3 is 0 Å². The van der Waals surface area contributed by atoms with Crippen molar-refractivity contribution in [3.63, 3.8) is 0 Å². The topological polar surface area (TPSA) is 29.5 Å². The molecule has 3 heteroatoms. The largest absolute Gasteiger partial charge is 0.490 e. The third kappa shape index (κ3) is 5.30. The van der Waals surface area contributed by atoms with Crippen LogP contribution in [-0.2, 0) is 0 Å². The first-order valence-electron chi connectivity index (χ1n) is 8.35. The molecule has 1 aliphatic rings. The Morgan fingerprint density at radius 2 is 1.86 bits per heavy atom. The van der Waals surface area contributed by atoms with Crippen molar-refractivity contribution in [3.8, 4) is 5.75 Å². The first-order valence-corrected chi connectivity index (χ1v) is 9.14. The quantitative estimate of drug-likeness (QED) is 0.600. The fourth-order valence-corrected chi connectivity index (χ4v) is 3.34. The zero-order valence-electron chi connectivity index (χ0n) is 13.0. The molecule has 0 saturated heterocycles. The van der Waals surface area contributed by atoms with Gasteiger partial charge in [0.05, 0.1) is 6.10 Å². The van der Waals surface area contributed by atoms with Crippen LogP contribution in [0, 0.1) is 0 Å². The predicted molar refractivity (Wildman–Crippen MR) is 90.7 cm³/mol. The smallest absolute Gasteiger partial charge is 0.126 e. The molecule has 1 aliphatic heterocycles. The summed E-state index contributed by atoms with van der Waals surface area (Å²) >= 11 is 3.46. The highest BCUT2D eigenvalue weighted by Gasteiger charge is 2.26. The van der Waals surface area contributed by atoms with Crippen LogP contribution in [0.25, 0.3) is 0 Å². The molecule has 2 rings (SSSR count). The normalized spacial score (nSPS) is 20.9. The van der Waals surface area contributed by atoms with E-state index in [1.54, 1.807) is 0 Å². The molecule has 118 valence electrons. The lowest BCUT2D eigenvalue weighted by Crippen LogP contribution is -2.25. The van der Waals surface area contributed by atoms with Crippen molar-refractivity contribution in [2.24, 2.45) is 0 Å². The van der Waals surface area contributed by atoms with Gasteiger partial charge in [0.25, 0.3) is 0 Å². The van der Waals surface area contributed by atoms with Crippen molar-refractivity contribution >= 4 is 15.9 Å². The second-order valence-corrected chi connectivity index (χ2v) is 7.00. The van der Waals surface area contributed by atoms with Crippen LogP contribution >= 0.6 is 15.9 Å². The maximum atomic E-state index is 10.2. The van der Waals surface area contributed by atoms with E-state index < -0.39 is 0 Å². The molecule has 0 saturated carbocycles. The SMILES string of the molecule is CCCCCCCCCC1CC(O)c2ccc(Br)cc2O1. The molecule has 0 radical (unpaired) electrons. The fraction of sp³-hybridized carbons (Fsp3) is 0.667. The molecule has 2 nitrogen and oxygen atoms in total. The van der Waals surface area contributed by atoms with Crippen molar-refractivity contribution in [1.29, 1.82) is 0 Å². The van der Waals surface area contributed by atoms with Gasteiger partial charge < -0.3 is 9.84 Å². The lowest BCUT2D eigenvalue weighted by molar-refractivity contribution is 0.0604. The first-order chi connectivity index (χ1) is 10.2. The molecule has 0 amide bonds. The molecule has 2 atom stereocenters. The summed E-state index contributed by atoms with van der Waals surface area (Å²) in [4.78, 5) is 0. The highest BCUT2D eigenvalue weighted by atomic mass is 79.9. The molecule has 0 aromatic heterocycles. The highest BCUT2D eigenvalue weighted by molar-refractivity contribution is 9.10. The van der Waals surface area contributed by atoms with E-state index in [0.29, 0.717) is 0 Å². The summed E-state index contributed by atoms with van der Waals surface area (Å²) in [5.41, 5.74) is 0.925. The van der Waals surface area contributed by atoms with Crippen LogP contribution in [0.15, 0.2) is 22.7 Å². The molecule has 2 unspecified atom stereocenters. The van der Waals surface area contributed by atoms with Gasteiger partial charge in [0.1, 0.15) is 11.9 Å². The number of hydrogen-bond donors (Lipinski definition) is 1. The number of hydrogen-bond acceptors (Lipinski definition) is 2. The summed E-state index contributed by atoms with van der Waals surface area (Å²) < 4.78 is 7.04. The monoisotopic (exact) mass is 354 g/mol. The van der Waals surface area contributed by atoms with E-state index in [4.69, 9.17) is 4.74 Å². The Kier molecular flexibility index (Phi) is 7.05. The number of aliphatic hydroxyl groups is 1. The lowest BCUT2D eigenvalue weighted by atomic mass is 9.96. The lowest BCUT2D eigenvalue weighted by Gasteiger charge is -2.29. The highest BCUT2D eigenvalue weighted by Crippen LogP contribution is 2.37. The van der Waals surface area contributed by atoms with Gasteiger partial charge in [-0.15, -0.1) is 0 Å². The van der Waals surface area contributed by atoms with Crippen LogP contribution < -0.4 is 4.74 Å². The number of fused-ring (bicyclic) bond motifs is 1. The predicted octanol–water partition coefficient (Wildman–Crippen LogP) is 5.77.